The lowest BCUT2D eigenvalue weighted by atomic mass is 10.0. The van der Waals surface area contributed by atoms with Crippen molar-refractivity contribution in [2.45, 2.75) is 25.9 Å². The second-order valence-electron chi connectivity index (χ2n) is 4.58. The molecule has 0 aliphatic carbocycles. The maximum Gasteiger partial charge on any atom is 0.238 e. The molecule has 96 valence electrons. The molecule has 1 rings (SSSR count). The molecule has 4 nitrogen and oxygen atoms in total. The number of nitriles is 1. The van der Waals surface area contributed by atoms with Gasteiger partial charge in [0.05, 0.1) is 17.7 Å². The van der Waals surface area contributed by atoms with Gasteiger partial charge in [0.1, 0.15) is 0 Å². The van der Waals surface area contributed by atoms with Gasteiger partial charge in [0.15, 0.2) is 0 Å². The van der Waals surface area contributed by atoms with Crippen LogP contribution in [0.25, 0.3) is 0 Å². The van der Waals surface area contributed by atoms with Crippen LogP contribution in [-0.4, -0.2) is 30.9 Å². The number of carbonyl (C=O) groups excluding carboxylic acids is 1. The van der Waals surface area contributed by atoms with E-state index in [2.05, 4.69) is 11.4 Å². The molecule has 0 radical (unpaired) electrons. The van der Waals surface area contributed by atoms with Crippen molar-refractivity contribution >= 4 is 5.91 Å². The number of nitrogens with one attached hydrogen (secondary N) is 1. The van der Waals surface area contributed by atoms with Crippen molar-refractivity contribution in [3.05, 3.63) is 35.4 Å². The average Bonchev–Trinajstić information content (AvgIpc) is 2.37. The molecule has 1 N–H and O–H groups in total. The molecule has 0 aliphatic rings. The van der Waals surface area contributed by atoms with E-state index in [9.17, 15) is 4.79 Å². The monoisotopic (exact) mass is 245 g/mol. The molecule has 4 heteroatoms. The lowest BCUT2D eigenvalue weighted by Crippen LogP contribution is -2.42. The molecule has 0 saturated carbocycles. The van der Waals surface area contributed by atoms with Gasteiger partial charge in [-0.3, -0.25) is 10.1 Å². The molecule has 1 amide bonds. The van der Waals surface area contributed by atoms with E-state index in [1.165, 1.54) is 0 Å². The van der Waals surface area contributed by atoms with Crippen LogP contribution < -0.4 is 5.32 Å². The Morgan fingerprint density at radius 3 is 2.61 bits per heavy atom. The lowest BCUT2D eigenvalue weighted by Gasteiger charge is -2.22. The van der Waals surface area contributed by atoms with Gasteiger partial charge in [0, 0.05) is 20.1 Å². The van der Waals surface area contributed by atoms with E-state index < -0.39 is 0 Å². The molecule has 0 spiro atoms. The minimum atomic E-state index is -0.249. The van der Waals surface area contributed by atoms with Crippen molar-refractivity contribution in [2.24, 2.45) is 0 Å². The number of hydrogen-bond acceptors (Lipinski definition) is 3. The number of nitrogens with zero attached hydrogens (tertiary/aromatic N) is 2. The summed E-state index contributed by atoms with van der Waals surface area (Å²) in [5.41, 5.74) is 1.64. The van der Waals surface area contributed by atoms with Crippen molar-refractivity contribution in [2.75, 3.05) is 14.1 Å². The van der Waals surface area contributed by atoms with Crippen molar-refractivity contribution < 1.29 is 4.79 Å². The molecule has 0 fully saturated rings. The summed E-state index contributed by atoms with van der Waals surface area (Å²) in [4.78, 5) is 13.3. The first-order valence-corrected chi connectivity index (χ1v) is 5.93. The van der Waals surface area contributed by atoms with Crippen molar-refractivity contribution in [3.8, 4) is 6.07 Å². The zero-order valence-corrected chi connectivity index (χ0v) is 11.3. The van der Waals surface area contributed by atoms with Crippen LogP contribution in [0.1, 0.15) is 31.0 Å². The normalized spacial score (nSPS) is 13.5. The van der Waals surface area contributed by atoms with E-state index in [0.717, 1.165) is 5.56 Å². The predicted octanol–water partition coefficient (Wildman–Crippen LogP) is 1.69. The maximum atomic E-state index is 11.7. The van der Waals surface area contributed by atoms with Gasteiger partial charge in [-0.05, 0) is 31.5 Å². The number of hydrogen-bond donors (Lipinski definition) is 1. The molecule has 0 bridgehead atoms. The highest BCUT2D eigenvalue weighted by molar-refractivity contribution is 5.80. The summed E-state index contributed by atoms with van der Waals surface area (Å²) in [6, 6.07) is 9.30. The van der Waals surface area contributed by atoms with Crippen LogP contribution in [0.2, 0.25) is 0 Å². The predicted molar refractivity (Wildman–Crippen MR) is 70.9 cm³/mol. The van der Waals surface area contributed by atoms with Crippen molar-refractivity contribution in [3.63, 3.8) is 0 Å². The van der Waals surface area contributed by atoms with Crippen LogP contribution in [0.5, 0.6) is 0 Å². The minimum absolute atomic E-state index is 0.0252. The third-order valence-electron chi connectivity index (χ3n) is 2.83. The van der Waals surface area contributed by atoms with Crippen LogP contribution in [0, 0.1) is 11.3 Å². The summed E-state index contributed by atoms with van der Waals surface area (Å²) in [6.07, 6.45) is 0. The van der Waals surface area contributed by atoms with Gasteiger partial charge in [-0.25, -0.2) is 0 Å². The van der Waals surface area contributed by atoms with Crippen LogP contribution in [0.4, 0.5) is 0 Å². The smallest absolute Gasteiger partial charge is 0.238 e. The fourth-order valence-electron chi connectivity index (χ4n) is 1.81. The highest BCUT2D eigenvalue weighted by atomic mass is 16.2. The van der Waals surface area contributed by atoms with E-state index in [1.807, 2.05) is 32.0 Å². The number of rotatable bonds is 4. The Hall–Kier alpha value is -1.86. The molecule has 1 aromatic rings. The Morgan fingerprint density at radius 1 is 1.39 bits per heavy atom. The van der Waals surface area contributed by atoms with E-state index in [1.54, 1.807) is 25.1 Å². The van der Waals surface area contributed by atoms with Crippen LogP contribution in [0.3, 0.4) is 0 Å². The van der Waals surface area contributed by atoms with Crippen LogP contribution >= 0.6 is 0 Å². The highest BCUT2D eigenvalue weighted by Crippen LogP contribution is 2.14. The molecule has 2 atom stereocenters. The zero-order chi connectivity index (χ0) is 13.7. The van der Waals surface area contributed by atoms with E-state index in [0.29, 0.717) is 5.56 Å². The van der Waals surface area contributed by atoms with E-state index >= 15 is 0 Å². The molecular formula is C14H19N3O. The molecule has 0 aliphatic heterocycles. The Labute approximate surface area is 108 Å². The Balaban J connectivity index is 2.73. The summed E-state index contributed by atoms with van der Waals surface area (Å²) in [5.74, 6) is 0.0401. The standard InChI is InChI=1S/C14H19N3O/c1-10(16-11(2)14(18)17(3)4)13-7-5-6-12(8-13)9-15/h5-8,10-11,16H,1-4H3. The molecule has 0 saturated heterocycles. The zero-order valence-electron chi connectivity index (χ0n) is 11.3. The van der Waals surface area contributed by atoms with Gasteiger partial charge in [-0.1, -0.05) is 12.1 Å². The first-order chi connectivity index (χ1) is 8.45. The minimum Gasteiger partial charge on any atom is -0.347 e. The number of likely N-dealkylation sites (N-methyl/N-ethyl adjacent to an activating group) is 1. The number of benzene rings is 1. The Bertz CT molecular complexity index is 462. The molecule has 2 unspecified atom stereocenters. The third-order valence-corrected chi connectivity index (χ3v) is 2.83. The van der Waals surface area contributed by atoms with Crippen molar-refractivity contribution in [1.29, 1.82) is 5.26 Å². The van der Waals surface area contributed by atoms with Gasteiger partial charge >= 0.3 is 0 Å². The van der Waals surface area contributed by atoms with Crippen LogP contribution in [0.15, 0.2) is 24.3 Å². The van der Waals surface area contributed by atoms with Crippen LogP contribution in [-0.2, 0) is 4.79 Å². The quantitative estimate of drug-likeness (QED) is 0.878. The SMILES string of the molecule is CC(NC(C)c1cccc(C#N)c1)C(=O)N(C)C. The summed E-state index contributed by atoms with van der Waals surface area (Å²) in [5, 5.41) is 12.1. The van der Waals surface area contributed by atoms with Gasteiger partial charge in [0.25, 0.3) is 0 Å². The Morgan fingerprint density at radius 2 is 2.06 bits per heavy atom. The molecule has 1 aromatic carbocycles. The highest BCUT2D eigenvalue weighted by Gasteiger charge is 2.17. The number of carbonyl (C=O) groups is 1. The second-order valence-corrected chi connectivity index (χ2v) is 4.58. The fourth-order valence-corrected chi connectivity index (χ4v) is 1.81. The Kier molecular flexibility index (Phi) is 4.87. The number of amides is 1. The summed E-state index contributed by atoms with van der Waals surface area (Å²) < 4.78 is 0. The van der Waals surface area contributed by atoms with Crippen molar-refractivity contribution in [1.82, 2.24) is 10.2 Å². The molecule has 0 heterocycles. The summed E-state index contributed by atoms with van der Waals surface area (Å²) in [6.45, 7) is 3.82. The van der Waals surface area contributed by atoms with Gasteiger partial charge in [-0.2, -0.15) is 5.26 Å². The molecule has 0 aromatic heterocycles. The molecular weight excluding hydrogens is 226 g/mol. The second kappa shape index (κ2) is 6.18. The molecule has 18 heavy (non-hydrogen) atoms. The largest absolute Gasteiger partial charge is 0.347 e. The summed E-state index contributed by atoms with van der Waals surface area (Å²) in [7, 11) is 3.48. The maximum absolute atomic E-state index is 11.7. The topological polar surface area (TPSA) is 56.1 Å². The fraction of sp³-hybridized carbons (Fsp3) is 0.429. The van der Waals surface area contributed by atoms with Gasteiger partial charge in [-0.15, -0.1) is 0 Å². The van der Waals surface area contributed by atoms with E-state index in [-0.39, 0.29) is 18.0 Å². The van der Waals surface area contributed by atoms with Gasteiger partial charge in [0.2, 0.25) is 5.91 Å². The average molecular weight is 245 g/mol. The third kappa shape index (κ3) is 3.57. The first kappa shape index (κ1) is 14.2. The van der Waals surface area contributed by atoms with Gasteiger partial charge < -0.3 is 4.90 Å². The lowest BCUT2D eigenvalue weighted by molar-refractivity contribution is -0.130. The first-order valence-electron chi connectivity index (χ1n) is 5.93. The van der Waals surface area contributed by atoms with E-state index in [4.69, 9.17) is 5.26 Å². The summed E-state index contributed by atoms with van der Waals surface area (Å²) >= 11 is 0.